The SMILES string of the molecule is CCS(=O)C1CCCC(NC(=NC)NCc2ccnc(OCc3ccccc3)c2)C1. The number of guanidine groups is 1. The van der Waals surface area contributed by atoms with E-state index in [9.17, 15) is 4.21 Å². The molecule has 1 saturated carbocycles. The first-order valence-corrected chi connectivity index (χ1v) is 12.0. The molecule has 30 heavy (non-hydrogen) atoms. The van der Waals surface area contributed by atoms with Crippen molar-refractivity contribution in [1.29, 1.82) is 0 Å². The molecular formula is C23H32N4O2S. The maximum absolute atomic E-state index is 12.2. The van der Waals surface area contributed by atoms with Gasteiger partial charge in [-0.1, -0.05) is 43.7 Å². The Bertz CT molecular complexity index is 844. The number of pyridine rings is 1. The molecule has 162 valence electrons. The summed E-state index contributed by atoms with van der Waals surface area (Å²) < 4.78 is 18.0. The molecule has 0 radical (unpaired) electrons. The first-order valence-electron chi connectivity index (χ1n) is 10.6. The molecule has 7 heteroatoms. The Balaban J connectivity index is 1.49. The lowest BCUT2D eigenvalue weighted by Crippen LogP contribution is -2.46. The molecule has 3 atom stereocenters. The minimum absolute atomic E-state index is 0.295. The average molecular weight is 429 g/mol. The third-order valence-electron chi connectivity index (χ3n) is 5.34. The highest BCUT2D eigenvalue weighted by molar-refractivity contribution is 7.85. The van der Waals surface area contributed by atoms with Gasteiger partial charge in [0.15, 0.2) is 5.96 Å². The normalized spacial score (nSPS) is 20.4. The molecule has 0 saturated heterocycles. The predicted molar refractivity (Wildman–Crippen MR) is 123 cm³/mol. The van der Waals surface area contributed by atoms with Gasteiger partial charge >= 0.3 is 0 Å². The summed E-state index contributed by atoms with van der Waals surface area (Å²) in [6.45, 7) is 3.12. The molecular weight excluding hydrogens is 396 g/mol. The summed E-state index contributed by atoms with van der Waals surface area (Å²) in [6, 6.07) is 14.3. The zero-order chi connectivity index (χ0) is 21.2. The first-order chi connectivity index (χ1) is 14.7. The standard InChI is InChI=1S/C23H32N4O2S/c1-3-30(28)21-11-7-10-20(15-21)27-23(24-2)26-16-19-12-13-25-22(14-19)29-17-18-8-5-4-6-9-18/h4-6,8-9,12-14,20-21H,3,7,10-11,15-17H2,1-2H3,(H2,24,26,27). The lowest BCUT2D eigenvalue weighted by molar-refractivity contribution is 0.293. The van der Waals surface area contributed by atoms with E-state index < -0.39 is 10.8 Å². The number of benzene rings is 1. The molecule has 0 bridgehead atoms. The summed E-state index contributed by atoms with van der Waals surface area (Å²) in [4.78, 5) is 8.66. The molecule has 6 nitrogen and oxygen atoms in total. The fraction of sp³-hybridized carbons (Fsp3) is 0.478. The molecule has 0 spiro atoms. The molecule has 2 aromatic rings. The van der Waals surface area contributed by atoms with Crippen LogP contribution in [0.2, 0.25) is 0 Å². The molecule has 1 aliphatic rings. The number of aromatic nitrogens is 1. The minimum atomic E-state index is -0.724. The van der Waals surface area contributed by atoms with Gasteiger partial charge in [0.1, 0.15) is 6.61 Å². The fourth-order valence-electron chi connectivity index (χ4n) is 3.70. The summed E-state index contributed by atoms with van der Waals surface area (Å²) in [6.07, 6.45) is 5.96. The van der Waals surface area contributed by atoms with E-state index in [1.807, 2.05) is 49.4 Å². The molecule has 1 aromatic heterocycles. The number of hydrogen-bond donors (Lipinski definition) is 2. The second-order valence-electron chi connectivity index (χ2n) is 7.50. The van der Waals surface area contributed by atoms with Crippen molar-refractivity contribution in [1.82, 2.24) is 15.6 Å². The molecule has 1 heterocycles. The number of hydrogen-bond acceptors (Lipinski definition) is 4. The Hall–Kier alpha value is -2.41. The summed E-state index contributed by atoms with van der Waals surface area (Å²) in [5, 5.41) is 7.17. The second kappa shape index (κ2) is 11.7. The maximum atomic E-state index is 12.2. The van der Waals surface area contributed by atoms with Gasteiger partial charge in [-0.2, -0.15) is 0 Å². The van der Waals surface area contributed by atoms with Crippen LogP contribution in [0.25, 0.3) is 0 Å². The predicted octanol–water partition coefficient (Wildman–Crippen LogP) is 3.41. The van der Waals surface area contributed by atoms with E-state index in [0.717, 1.165) is 48.5 Å². The highest BCUT2D eigenvalue weighted by Gasteiger charge is 2.26. The minimum Gasteiger partial charge on any atom is -0.473 e. The quantitative estimate of drug-likeness (QED) is 0.498. The zero-order valence-electron chi connectivity index (χ0n) is 17.8. The maximum Gasteiger partial charge on any atom is 0.213 e. The highest BCUT2D eigenvalue weighted by Crippen LogP contribution is 2.23. The van der Waals surface area contributed by atoms with Crippen molar-refractivity contribution in [2.45, 2.75) is 57.1 Å². The molecule has 2 N–H and O–H groups in total. The van der Waals surface area contributed by atoms with Crippen LogP contribution >= 0.6 is 0 Å². The van der Waals surface area contributed by atoms with Crippen LogP contribution in [0.15, 0.2) is 53.7 Å². The van der Waals surface area contributed by atoms with E-state index in [2.05, 4.69) is 20.6 Å². The summed E-state index contributed by atoms with van der Waals surface area (Å²) in [7, 11) is 1.05. The zero-order valence-corrected chi connectivity index (χ0v) is 18.7. The number of ether oxygens (including phenoxy) is 1. The van der Waals surface area contributed by atoms with Crippen LogP contribution in [-0.4, -0.2) is 39.2 Å². The van der Waals surface area contributed by atoms with Crippen LogP contribution in [0.1, 0.15) is 43.7 Å². The molecule has 0 amide bonds. The first kappa shape index (κ1) is 22.3. The summed E-state index contributed by atoms with van der Waals surface area (Å²) >= 11 is 0. The Kier molecular flexibility index (Phi) is 8.68. The topological polar surface area (TPSA) is 75.6 Å². The van der Waals surface area contributed by atoms with Gasteiger partial charge in [0.2, 0.25) is 5.88 Å². The van der Waals surface area contributed by atoms with Crippen LogP contribution in [0.5, 0.6) is 5.88 Å². The van der Waals surface area contributed by atoms with E-state index in [0.29, 0.717) is 30.3 Å². The third kappa shape index (κ3) is 6.83. The fourth-order valence-corrected chi connectivity index (χ4v) is 5.04. The molecule has 1 aliphatic carbocycles. The van der Waals surface area contributed by atoms with Crippen LogP contribution in [0.3, 0.4) is 0 Å². The smallest absolute Gasteiger partial charge is 0.213 e. The third-order valence-corrected chi connectivity index (χ3v) is 7.08. The second-order valence-corrected chi connectivity index (χ2v) is 9.51. The van der Waals surface area contributed by atoms with Crippen molar-refractivity contribution < 1.29 is 8.95 Å². The van der Waals surface area contributed by atoms with Gasteiger partial charge in [0.25, 0.3) is 0 Å². The molecule has 3 rings (SSSR count). The Morgan fingerprint density at radius 1 is 1.23 bits per heavy atom. The average Bonchev–Trinajstić information content (AvgIpc) is 2.81. The van der Waals surface area contributed by atoms with Gasteiger partial charge in [0, 0.05) is 53.7 Å². The van der Waals surface area contributed by atoms with Gasteiger partial charge in [-0.3, -0.25) is 9.20 Å². The number of nitrogens with zero attached hydrogens (tertiary/aromatic N) is 2. The lowest BCUT2D eigenvalue weighted by atomic mass is 9.95. The van der Waals surface area contributed by atoms with Crippen LogP contribution < -0.4 is 15.4 Å². The molecule has 0 aliphatic heterocycles. The highest BCUT2D eigenvalue weighted by atomic mass is 32.2. The monoisotopic (exact) mass is 428 g/mol. The van der Waals surface area contributed by atoms with E-state index in [-0.39, 0.29) is 0 Å². The number of nitrogens with one attached hydrogen (secondary N) is 2. The molecule has 1 fully saturated rings. The van der Waals surface area contributed by atoms with E-state index in [1.165, 1.54) is 0 Å². The van der Waals surface area contributed by atoms with Gasteiger partial charge in [-0.25, -0.2) is 4.98 Å². The number of aliphatic imine (C=N–C) groups is 1. The van der Waals surface area contributed by atoms with Crippen LogP contribution in [0.4, 0.5) is 0 Å². The van der Waals surface area contributed by atoms with Gasteiger partial charge < -0.3 is 15.4 Å². The molecule has 3 unspecified atom stereocenters. The van der Waals surface area contributed by atoms with E-state index in [1.54, 1.807) is 13.2 Å². The van der Waals surface area contributed by atoms with Crippen molar-refractivity contribution >= 4 is 16.8 Å². The van der Waals surface area contributed by atoms with Crippen LogP contribution in [-0.2, 0) is 24.0 Å². The van der Waals surface area contributed by atoms with Crippen LogP contribution in [0, 0.1) is 0 Å². The number of rotatable bonds is 8. The Morgan fingerprint density at radius 2 is 2.07 bits per heavy atom. The molecule has 1 aromatic carbocycles. The van der Waals surface area contributed by atoms with Gasteiger partial charge in [-0.15, -0.1) is 0 Å². The van der Waals surface area contributed by atoms with Crippen molar-refractivity contribution in [3.8, 4) is 5.88 Å². The van der Waals surface area contributed by atoms with Crippen molar-refractivity contribution in [3.63, 3.8) is 0 Å². The Morgan fingerprint density at radius 3 is 2.83 bits per heavy atom. The summed E-state index contributed by atoms with van der Waals surface area (Å²) in [5.41, 5.74) is 2.19. The Labute approximate surface area is 182 Å². The lowest BCUT2D eigenvalue weighted by Gasteiger charge is -2.30. The van der Waals surface area contributed by atoms with Gasteiger partial charge in [0.05, 0.1) is 0 Å². The van der Waals surface area contributed by atoms with Crippen molar-refractivity contribution in [2.24, 2.45) is 4.99 Å². The largest absolute Gasteiger partial charge is 0.473 e. The van der Waals surface area contributed by atoms with E-state index >= 15 is 0 Å². The van der Waals surface area contributed by atoms with Gasteiger partial charge in [-0.05, 0) is 36.5 Å². The van der Waals surface area contributed by atoms with Crippen molar-refractivity contribution in [2.75, 3.05) is 12.8 Å². The van der Waals surface area contributed by atoms with Crippen molar-refractivity contribution in [3.05, 3.63) is 59.8 Å². The summed E-state index contributed by atoms with van der Waals surface area (Å²) in [5.74, 6) is 2.12. The van der Waals surface area contributed by atoms with E-state index in [4.69, 9.17) is 4.74 Å².